The van der Waals surface area contributed by atoms with Crippen molar-refractivity contribution in [3.8, 4) is 0 Å². The number of carbonyl (C=O) groups excluding carboxylic acids is 1. The van der Waals surface area contributed by atoms with Crippen LogP contribution >= 0.6 is 11.3 Å². The molecule has 14 heavy (non-hydrogen) atoms. The number of aromatic nitrogens is 1. The Morgan fingerprint density at radius 3 is 2.93 bits per heavy atom. The summed E-state index contributed by atoms with van der Waals surface area (Å²) in [6.45, 7) is 1.63. The van der Waals surface area contributed by atoms with Gasteiger partial charge in [-0.2, -0.15) is 0 Å². The van der Waals surface area contributed by atoms with E-state index in [0.717, 1.165) is 4.88 Å². The van der Waals surface area contributed by atoms with Gasteiger partial charge >= 0.3 is 0 Å². The first kappa shape index (κ1) is 9.84. The number of hydrogen-bond acceptors (Lipinski definition) is 3. The topological polar surface area (TPSA) is 30.0 Å². The minimum absolute atomic E-state index is 0.228. The fourth-order valence-corrected chi connectivity index (χ4v) is 3.17. The number of ketones is 1. The minimum atomic E-state index is 0.228. The van der Waals surface area contributed by atoms with Gasteiger partial charge in [0.2, 0.25) is 0 Å². The first-order valence-electron chi connectivity index (χ1n) is 5.20. The SMILES string of the molecule is CC(=O)Cc1cnc(C2CCCC2)s1. The standard InChI is InChI=1S/C11H15NOS/c1-8(13)6-10-7-12-11(14-10)9-4-2-3-5-9/h7,9H,2-6H2,1H3. The van der Waals surface area contributed by atoms with Crippen molar-refractivity contribution in [3.63, 3.8) is 0 Å². The predicted octanol–water partition coefficient (Wildman–Crippen LogP) is 2.93. The van der Waals surface area contributed by atoms with E-state index in [1.54, 1.807) is 18.3 Å². The Morgan fingerprint density at radius 1 is 1.57 bits per heavy atom. The molecule has 1 aliphatic carbocycles. The minimum Gasteiger partial charge on any atom is -0.300 e. The van der Waals surface area contributed by atoms with Gasteiger partial charge in [0.15, 0.2) is 0 Å². The summed E-state index contributed by atoms with van der Waals surface area (Å²) in [6.07, 6.45) is 7.68. The molecule has 0 spiro atoms. The Kier molecular flexibility index (Phi) is 2.96. The molecule has 0 aromatic carbocycles. The summed E-state index contributed by atoms with van der Waals surface area (Å²) in [4.78, 5) is 16.5. The van der Waals surface area contributed by atoms with Crippen LogP contribution in [0.1, 0.15) is 48.4 Å². The molecule has 3 heteroatoms. The van der Waals surface area contributed by atoms with Crippen molar-refractivity contribution in [1.29, 1.82) is 0 Å². The zero-order chi connectivity index (χ0) is 9.97. The summed E-state index contributed by atoms with van der Waals surface area (Å²) in [7, 11) is 0. The van der Waals surface area contributed by atoms with Gasteiger partial charge < -0.3 is 0 Å². The largest absolute Gasteiger partial charge is 0.300 e. The van der Waals surface area contributed by atoms with Gasteiger partial charge in [-0.1, -0.05) is 12.8 Å². The molecule has 0 atom stereocenters. The van der Waals surface area contributed by atoms with Gasteiger partial charge in [0, 0.05) is 23.4 Å². The molecule has 0 bridgehead atoms. The molecule has 1 aromatic heterocycles. The molecule has 1 aromatic rings. The molecule has 1 saturated carbocycles. The Hall–Kier alpha value is -0.700. The second-order valence-electron chi connectivity index (χ2n) is 4.02. The molecule has 0 aliphatic heterocycles. The third kappa shape index (κ3) is 2.21. The van der Waals surface area contributed by atoms with Crippen molar-refractivity contribution in [2.45, 2.75) is 44.9 Å². The third-order valence-corrected chi connectivity index (χ3v) is 3.86. The molecular weight excluding hydrogens is 194 g/mol. The second-order valence-corrected chi connectivity index (χ2v) is 5.17. The first-order valence-corrected chi connectivity index (χ1v) is 6.01. The van der Waals surface area contributed by atoms with Crippen LogP contribution in [0.2, 0.25) is 0 Å². The second kappa shape index (κ2) is 4.22. The molecule has 1 heterocycles. The number of nitrogens with zero attached hydrogens (tertiary/aromatic N) is 1. The summed E-state index contributed by atoms with van der Waals surface area (Å²) in [5.74, 6) is 0.910. The molecule has 0 unspecified atom stereocenters. The molecule has 1 fully saturated rings. The van der Waals surface area contributed by atoms with Gasteiger partial charge in [-0.05, 0) is 19.8 Å². The molecule has 76 valence electrons. The molecule has 1 aliphatic rings. The number of Topliss-reactive ketones (excluding diaryl/α,β-unsaturated/α-hetero) is 1. The van der Waals surface area contributed by atoms with E-state index in [0.29, 0.717) is 12.3 Å². The average Bonchev–Trinajstić information content (AvgIpc) is 2.69. The van der Waals surface area contributed by atoms with Gasteiger partial charge in [-0.25, -0.2) is 4.98 Å². The third-order valence-electron chi connectivity index (χ3n) is 2.70. The van der Waals surface area contributed by atoms with Gasteiger partial charge in [-0.3, -0.25) is 4.79 Å². The van der Waals surface area contributed by atoms with Crippen LogP contribution in [0.25, 0.3) is 0 Å². The van der Waals surface area contributed by atoms with Crippen LogP contribution in [0, 0.1) is 0 Å². The zero-order valence-electron chi connectivity index (χ0n) is 8.45. The van der Waals surface area contributed by atoms with Crippen LogP contribution in [-0.4, -0.2) is 10.8 Å². The quantitative estimate of drug-likeness (QED) is 0.766. The van der Waals surface area contributed by atoms with Crippen molar-refractivity contribution in [2.24, 2.45) is 0 Å². The van der Waals surface area contributed by atoms with Crippen molar-refractivity contribution < 1.29 is 4.79 Å². The molecular formula is C11H15NOS. The zero-order valence-corrected chi connectivity index (χ0v) is 9.27. The lowest BCUT2D eigenvalue weighted by atomic mass is 10.1. The summed E-state index contributed by atoms with van der Waals surface area (Å²) < 4.78 is 0. The summed E-state index contributed by atoms with van der Waals surface area (Å²) in [6, 6.07) is 0. The highest BCUT2D eigenvalue weighted by Gasteiger charge is 2.20. The first-order chi connectivity index (χ1) is 6.75. The molecule has 0 radical (unpaired) electrons. The maximum atomic E-state index is 10.9. The summed E-state index contributed by atoms with van der Waals surface area (Å²) in [5.41, 5.74) is 0. The van der Waals surface area contributed by atoms with E-state index in [4.69, 9.17) is 0 Å². The molecule has 2 rings (SSSR count). The van der Waals surface area contributed by atoms with Crippen LogP contribution < -0.4 is 0 Å². The van der Waals surface area contributed by atoms with Crippen LogP contribution in [0.15, 0.2) is 6.20 Å². The van der Waals surface area contributed by atoms with Gasteiger partial charge in [0.25, 0.3) is 0 Å². The van der Waals surface area contributed by atoms with E-state index in [-0.39, 0.29) is 5.78 Å². The van der Waals surface area contributed by atoms with E-state index in [1.165, 1.54) is 30.7 Å². The monoisotopic (exact) mass is 209 g/mol. The van der Waals surface area contributed by atoms with Crippen LogP contribution in [0.4, 0.5) is 0 Å². The molecule has 0 saturated heterocycles. The van der Waals surface area contributed by atoms with Gasteiger partial charge in [0.1, 0.15) is 5.78 Å². The van der Waals surface area contributed by atoms with Gasteiger partial charge in [0.05, 0.1) is 5.01 Å². The van der Waals surface area contributed by atoms with E-state index >= 15 is 0 Å². The Balaban J connectivity index is 2.05. The van der Waals surface area contributed by atoms with Crippen LogP contribution in [0.3, 0.4) is 0 Å². The highest BCUT2D eigenvalue weighted by molar-refractivity contribution is 7.11. The summed E-state index contributed by atoms with van der Waals surface area (Å²) in [5, 5.41) is 1.25. The predicted molar refractivity (Wildman–Crippen MR) is 57.7 cm³/mol. The molecule has 0 amide bonds. The fourth-order valence-electron chi connectivity index (χ4n) is 2.01. The average molecular weight is 209 g/mol. The Bertz CT molecular complexity index is 326. The van der Waals surface area contributed by atoms with Crippen molar-refractivity contribution in [1.82, 2.24) is 4.98 Å². The highest BCUT2D eigenvalue weighted by atomic mass is 32.1. The number of thiazole rings is 1. The lowest BCUT2D eigenvalue weighted by Gasteiger charge is -2.01. The van der Waals surface area contributed by atoms with E-state index in [2.05, 4.69) is 4.98 Å². The maximum absolute atomic E-state index is 10.9. The highest BCUT2D eigenvalue weighted by Crippen LogP contribution is 2.36. The molecule has 0 N–H and O–H groups in total. The van der Waals surface area contributed by atoms with Crippen LogP contribution in [-0.2, 0) is 11.2 Å². The van der Waals surface area contributed by atoms with E-state index in [9.17, 15) is 4.79 Å². The fraction of sp³-hybridized carbons (Fsp3) is 0.636. The smallest absolute Gasteiger partial charge is 0.135 e. The van der Waals surface area contributed by atoms with E-state index < -0.39 is 0 Å². The Labute approximate surface area is 88.4 Å². The van der Waals surface area contributed by atoms with Crippen LogP contribution in [0.5, 0.6) is 0 Å². The van der Waals surface area contributed by atoms with Gasteiger partial charge in [-0.15, -0.1) is 11.3 Å². The lowest BCUT2D eigenvalue weighted by Crippen LogP contribution is -1.92. The number of carbonyl (C=O) groups is 1. The number of rotatable bonds is 3. The number of hydrogen-bond donors (Lipinski definition) is 0. The Morgan fingerprint density at radius 2 is 2.29 bits per heavy atom. The maximum Gasteiger partial charge on any atom is 0.135 e. The van der Waals surface area contributed by atoms with Crippen molar-refractivity contribution in [2.75, 3.05) is 0 Å². The van der Waals surface area contributed by atoms with E-state index in [1.807, 2.05) is 6.20 Å². The lowest BCUT2D eigenvalue weighted by molar-refractivity contribution is -0.116. The normalized spacial score (nSPS) is 17.5. The summed E-state index contributed by atoms with van der Waals surface area (Å²) >= 11 is 1.73. The van der Waals surface area contributed by atoms with Crippen molar-refractivity contribution >= 4 is 17.1 Å². The molecule has 2 nitrogen and oxygen atoms in total. The van der Waals surface area contributed by atoms with Crippen molar-refractivity contribution in [3.05, 3.63) is 16.1 Å².